The van der Waals surface area contributed by atoms with Crippen molar-refractivity contribution in [3.8, 4) is 5.75 Å². The number of benzene rings is 2. The van der Waals surface area contributed by atoms with Gasteiger partial charge in [-0.15, -0.1) is 0 Å². The number of hydrogen-bond acceptors (Lipinski definition) is 6. The third kappa shape index (κ3) is 8.94. The van der Waals surface area contributed by atoms with Crippen LogP contribution in [0.25, 0.3) is 5.65 Å². The number of nitrogens with zero attached hydrogens (tertiary/aromatic N) is 4. The lowest BCUT2D eigenvalue weighted by Gasteiger charge is -2.31. The van der Waals surface area contributed by atoms with E-state index in [1.54, 1.807) is 19.2 Å². The summed E-state index contributed by atoms with van der Waals surface area (Å²) in [5, 5.41) is 12.5. The summed E-state index contributed by atoms with van der Waals surface area (Å²) in [5.41, 5.74) is 3.17. The summed E-state index contributed by atoms with van der Waals surface area (Å²) in [6.07, 6.45) is 3.75. The fourth-order valence-corrected chi connectivity index (χ4v) is 4.77. The van der Waals surface area contributed by atoms with Gasteiger partial charge in [-0.25, -0.2) is 13.8 Å². The first kappa shape index (κ1) is 32.4. The lowest BCUT2D eigenvalue weighted by Crippen LogP contribution is -2.36. The van der Waals surface area contributed by atoms with Crippen molar-refractivity contribution in [3.05, 3.63) is 112 Å². The molecule has 2 aromatic heterocycles. The molecule has 0 aliphatic carbocycles. The molecule has 42 heavy (non-hydrogen) atoms. The average molecular weight is 579 g/mol. The van der Waals surface area contributed by atoms with Crippen LogP contribution in [0.1, 0.15) is 50.4 Å². The van der Waals surface area contributed by atoms with E-state index in [2.05, 4.69) is 22.0 Å². The minimum Gasteiger partial charge on any atom is -0.485 e. The van der Waals surface area contributed by atoms with Gasteiger partial charge in [-0.2, -0.15) is 0 Å². The Kier molecular flexibility index (Phi) is 12.6. The fraction of sp³-hybridized carbons (Fsp3) is 0.364. The molecule has 1 fully saturated rings. The summed E-state index contributed by atoms with van der Waals surface area (Å²) >= 11 is 0. The highest BCUT2D eigenvalue weighted by atomic mass is 19.1. The van der Waals surface area contributed by atoms with Gasteiger partial charge >= 0.3 is 0 Å². The second-order valence-electron chi connectivity index (χ2n) is 9.79. The van der Waals surface area contributed by atoms with Gasteiger partial charge in [0.15, 0.2) is 11.4 Å². The molecule has 1 N–H and O–H groups in total. The number of rotatable bonds is 7. The van der Waals surface area contributed by atoms with E-state index in [0.29, 0.717) is 35.0 Å². The van der Waals surface area contributed by atoms with Gasteiger partial charge in [-0.3, -0.25) is 9.20 Å². The van der Waals surface area contributed by atoms with E-state index in [9.17, 15) is 18.8 Å². The van der Waals surface area contributed by atoms with Crippen molar-refractivity contribution in [2.45, 2.75) is 53.6 Å². The van der Waals surface area contributed by atoms with Crippen LogP contribution in [0.5, 0.6) is 5.75 Å². The van der Waals surface area contributed by atoms with E-state index in [1.807, 2.05) is 50.2 Å². The highest BCUT2D eigenvalue weighted by Gasteiger charge is 2.24. The zero-order valence-corrected chi connectivity index (χ0v) is 24.8. The van der Waals surface area contributed by atoms with Crippen molar-refractivity contribution >= 4 is 11.4 Å². The van der Waals surface area contributed by atoms with Gasteiger partial charge in [0.05, 0.1) is 5.71 Å². The number of hydrogen-bond donors (Lipinski definition) is 1. The molecule has 0 spiro atoms. The smallest absolute Gasteiger partial charge is 0.258 e. The number of aromatic nitrogens is 2. The molecule has 1 aliphatic heterocycles. The highest BCUT2D eigenvalue weighted by Crippen LogP contribution is 2.22. The van der Waals surface area contributed by atoms with Crippen molar-refractivity contribution < 1.29 is 18.7 Å². The molecule has 4 aromatic rings. The maximum Gasteiger partial charge on any atom is 0.258 e. The Hall–Kier alpha value is -4.11. The second kappa shape index (κ2) is 16.4. The molecule has 224 valence electrons. The number of piperidine rings is 1. The summed E-state index contributed by atoms with van der Waals surface area (Å²) in [5.74, 6) is -0.397. The Morgan fingerprint density at radius 3 is 2.40 bits per heavy atom. The van der Waals surface area contributed by atoms with Crippen LogP contribution in [0.3, 0.4) is 0 Å². The molecule has 2 aromatic carbocycles. The number of ether oxygens (including phenoxy) is 1. The lowest BCUT2D eigenvalue weighted by atomic mass is 9.88. The van der Waals surface area contributed by atoms with Crippen LogP contribution in [0.4, 0.5) is 8.78 Å². The summed E-state index contributed by atoms with van der Waals surface area (Å²) in [7, 11) is 0. The largest absolute Gasteiger partial charge is 0.485 e. The van der Waals surface area contributed by atoms with Crippen molar-refractivity contribution in [1.29, 1.82) is 0 Å². The average Bonchev–Trinajstić information content (AvgIpc) is 3.02. The monoisotopic (exact) mass is 578 g/mol. The summed E-state index contributed by atoms with van der Waals surface area (Å²) in [6.45, 7) is 11.3. The summed E-state index contributed by atoms with van der Waals surface area (Å²) < 4.78 is 33.8. The molecule has 0 saturated carbocycles. The Labute approximate surface area is 246 Å². The highest BCUT2D eigenvalue weighted by molar-refractivity contribution is 5.88. The van der Waals surface area contributed by atoms with Crippen LogP contribution in [0.15, 0.2) is 82.9 Å². The Morgan fingerprint density at radius 1 is 1.05 bits per heavy atom. The van der Waals surface area contributed by atoms with E-state index in [-0.39, 0.29) is 17.9 Å². The zero-order chi connectivity index (χ0) is 30.5. The van der Waals surface area contributed by atoms with Gasteiger partial charge in [0.1, 0.15) is 18.2 Å². The number of fused-ring (bicyclic) bond motifs is 1. The van der Waals surface area contributed by atoms with Crippen LogP contribution in [-0.4, -0.2) is 44.8 Å². The van der Waals surface area contributed by atoms with Gasteiger partial charge in [0, 0.05) is 36.4 Å². The van der Waals surface area contributed by atoms with Crippen LogP contribution in [0.2, 0.25) is 0 Å². The Balaban J connectivity index is 0.000000218. The van der Waals surface area contributed by atoms with E-state index in [0.717, 1.165) is 44.1 Å². The third-order valence-corrected chi connectivity index (χ3v) is 7.04. The predicted octanol–water partition coefficient (Wildman–Crippen LogP) is 6.68. The number of likely N-dealkylation sites (tertiary alicyclic amines) is 1. The Morgan fingerprint density at radius 2 is 1.76 bits per heavy atom. The van der Waals surface area contributed by atoms with Crippen molar-refractivity contribution in [1.82, 2.24) is 14.3 Å². The summed E-state index contributed by atoms with van der Waals surface area (Å²) in [6, 6.07) is 18.5. The molecule has 0 bridgehead atoms. The molecule has 1 aliphatic rings. The first-order valence-electron chi connectivity index (χ1n) is 14.4. The maximum atomic E-state index is 13.6. The molecule has 0 unspecified atom stereocenters. The molecule has 9 heteroatoms. The molecule has 0 radical (unpaired) electrons. The van der Waals surface area contributed by atoms with Gasteiger partial charge < -0.3 is 14.8 Å². The zero-order valence-electron chi connectivity index (χ0n) is 24.8. The number of aryl methyl sites for hydroxylation is 1. The lowest BCUT2D eigenvalue weighted by molar-refractivity contribution is 0.215. The minimum atomic E-state index is -0.593. The van der Waals surface area contributed by atoms with Crippen molar-refractivity contribution in [3.63, 3.8) is 0 Å². The van der Waals surface area contributed by atoms with Gasteiger partial charge in [0.25, 0.3) is 5.56 Å². The third-order valence-electron chi connectivity index (χ3n) is 7.04. The van der Waals surface area contributed by atoms with Crippen LogP contribution in [-0.2, 0) is 13.0 Å². The van der Waals surface area contributed by atoms with Crippen molar-refractivity contribution in [2.75, 3.05) is 19.6 Å². The second-order valence-corrected chi connectivity index (χ2v) is 9.79. The SMILES string of the molecule is CC.CCN1CCC(/C(Cc2ccc(F)cc2F)=N/O)CC1.Cc1cc(=O)n2cccc(OCc3ccccc3)c2n1. The molecule has 0 amide bonds. The number of halogens is 2. The van der Waals surface area contributed by atoms with Crippen LogP contribution >= 0.6 is 0 Å². The van der Waals surface area contributed by atoms with Crippen LogP contribution in [0, 0.1) is 24.5 Å². The minimum absolute atomic E-state index is 0.0994. The van der Waals surface area contributed by atoms with Gasteiger partial charge in [-0.1, -0.05) is 62.3 Å². The summed E-state index contributed by atoms with van der Waals surface area (Å²) in [4.78, 5) is 18.6. The van der Waals surface area contributed by atoms with Crippen LogP contribution < -0.4 is 10.3 Å². The van der Waals surface area contributed by atoms with Gasteiger partial charge in [-0.05, 0) is 68.7 Å². The molecule has 1 saturated heterocycles. The molecule has 3 heterocycles. The van der Waals surface area contributed by atoms with E-state index < -0.39 is 11.6 Å². The first-order chi connectivity index (χ1) is 20.4. The quantitative estimate of drug-likeness (QED) is 0.150. The predicted molar refractivity (Wildman–Crippen MR) is 162 cm³/mol. The molecule has 7 nitrogen and oxygen atoms in total. The van der Waals surface area contributed by atoms with E-state index in [1.165, 1.54) is 22.6 Å². The number of pyridine rings is 1. The van der Waals surface area contributed by atoms with E-state index in [4.69, 9.17) is 4.74 Å². The van der Waals surface area contributed by atoms with Crippen molar-refractivity contribution in [2.24, 2.45) is 11.1 Å². The standard InChI is InChI=1S/C16H14N2O2.C15H20F2N2O.C2H6/c1-12-10-15(19)18-9-5-8-14(16(18)17-12)20-11-13-6-3-2-4-7-13;1-2-19-7-5-11(6-8-19)15(18-20)9-12-3-4-13(16)10-14(12)17;1-2/h2-10H,11H2,1H3;3-4,10-11,20H,2,5-9H2,1H3;1-2H3/b;18-15+;. The fourth-order valence-electron chi connectivity index (χ4n) is 4.77. The molecular formula is C33H40F2N4O3. The first-order valence-corrected chi connectivity index (χ1v) is 14.4. The molecule has 0 atom stereocenters. The van der Waals surface area contributed by atoms with Gasteiger partial charge in [0.2, 0.25) is 0 Å². The Bertz CT molecular complexity index is 1500. The normalized spacial score (nSPS) is 14.0. The number of oxime groups is 1. The molecular weight excluding hydrogens is 538 g/mol. The topological polar surface area (TPSA) is 79.4 Å². The maximum absolute atomic E-state index is 13.6. The molecule has 5 rings (SSSR count). The van der Waals surface area contributed by atoms with E-state index >= 15 is 0 Å².